The van der Waals surface area contributed by atoms with E-state index in [1.807, 2.05) is 0 Å². The van der Waals surface area contributed by atoms with Crippen LogP contribution in [0.25, 0.3) is 0 Å². The zero-order chi connectivity index (χ0) is 23.9. The average molecular weight is 456 g/mol. The summed E-state index contributed by atoms with van der Waals surface area (Å²) >= 11 is 0. The summed E-state index contributed by atoms with van der Waals surface area (Å²) in [6.45, 7) is 2.94. The lowest BCUT2D eigenvalue weighted by atomic mass is 9.81. The van der Waals surface area contributed by atoms with Crippen molar-refractivity contribution in [2.24, 2.45) is 29.6 Å². The number of fused-ring (bicyclic) bond motifs is 5. The maximum absolute atomic E-state index is 13.1. The minimum atomic E-state index is -1.05. The Morgan fingerprint density at radius 2 is 1.61 bits per heavy atom. The Morgan fingerprint density at radius 1 is 1.03 bits per heavy atom. The van der Waals surface area contributed by atoms with Crippen molar-refractivity contribution in [3.8, 4) is 0 Å². The molecule has 1 aliphatic heterocycles. The molecule has 2 saturated carbocycles. The number of carbonyl (C=O) groups is 5. The fourth-order valence-electron chi connectivity index (χ4n) is 5.61. The zero-order valence-electron chi connectivity index (χ0n) is 18.9. The molecule has 9 heteroatoms. The van der Waals surface area contributed by atoms with Crippen LogP contribution in [0.4, 0.5) is 5.69 Å². The lowest BCUT2D eigenvalue weighted by molar-refractivity contribution is -0.162. The van der Waals surface area contributed by atoms with E-state index in [0.717, 1.165) is 24.2 Å². The second kappa shape index (κ2) is 8.96. The number of likely N-dealkylation sites (tertiary alicyclic amines) is 1. The molecule has 1 aromatic carbocycles. The number of benzene rings is 1. The molecule has 4 rings (SSSR count). The van der Waals surface area contributed by atoms with Gasteiger partial charge in [-0.25, -0.2) is 9.59 Å². The molecule has 3 amide bonds. The van der Waals surface area contributed by atoms with Crippen LogP contribution in [0.3, 0.4) is 0 Å². The first-order chi connectivity index (χ1) is 15.7. The van der Waals surface area contributed by atoms with Crippen LogP contribution in [0, 0.1) is 29.6 Å². The van der Waals surface area contributed by atoms with Crippen molar-refractivity contribution < 1.29 is 33.4 Å². The molecule has 0 radical (unpaired) electrons. The molecule has 2 aliphatic carbocycles. The first-order valence-electron chi connectivity index (χ1n) is 11.2. The number of amides is 3. The molecule has 33 heavy (non-hydrogen) atoms. The van der Waals surface area contributed by atoms with Crippen molar-refractivity contribution in [3.05, 3.63) is 29.8 Å². The topological polar surface area (TPSA) is 119 Å². The fraction of sp³-hybridized carbons (Fsp3) is 0.542. The molecule has 1 heterocycles. The van der Waals surface area contributed by atoms with E-state index in [1.165, 1.54) is 31.4 Å². The summed E-state index contributed by atoms with van der Waals surface area (Å²) in [7, 11) is 1.27. The van der Waals surface area contributed by atoms with Crippen molar-refractivity contribution in [3.63, 3.8) is 0 Å². The quantitative estimate of drug-likeness (QED) is 0.492. The molecule has 2 bridgehead atoms. The highest BCUT2D eigenvalue weighted by Gasteiger charge is 2.62. The lowest BCUT2D eigenvalue weighted by Gasteiger charge is -2.28. The second-order valence-corrected chi connectivity index (χ2v) is 9.34. The lowest BCUT2D eigenvalue weighted by Crippen LogP contribution is -2.50. The largest absolute Gasteiger partial charge is 0.465 e. The highest BCUT2D eigenvalue weighted by atomic mass is 16.5. The number of nitrogens with one attached hydrogen (secondary N) is 1. The predicted octanol–water partition coefficient (Wildman–Crippen LogP) is 2.01. The van der Waals surface area contributed by atoms with E-state index in [9.17, 15) is 24.0 Å². The molecule has 0 aromatic heterocycles. The average Bonchev–Trinajstić information content (AvgIpc) is 3.47. The molecule has 1 saturated heterocycles. The Bertz CT molecular complexity index is 959. The Balaban J connectivity index is 1.37. The van der Waals surface area contributed by atoms with Crippen molar-refractivity contribution in [2.75, 3.05) is 19.0 Å². The maximum Gasteiger partial charge on any atom is 0.337 e. The molecule has 1 aromatic rings. The summed E-state index contributed by atoms with van der Waals surface area (Å²) in [5.74, 6) is -2.93. The van der Waals surface area contributed by atoms with Gasteiger partial charge in [-0.05, 0) is 61.3 Å². The van der Waals surface area contributed by atoms with E-state index < -0.39 is 30.5 Å². The van der Waals surface area contributed by atoms with Crippen LogP contribution in [-0.4, -0.2) is 54.3 Å². The van der Waals surface area contributed by atoms with Crippen LogP contribution in [0.2, 0.25) is 0 Å². The van der Waals surface area contributed by atoms with Gasteiger partial charge in [0.05, 0.1) is 24.5 Å². The molecule has 5 atom stereocenters. The van der Waals surface area contributed by atoms with Gasteiger partial charge in [0.15, 0.2) is 6.61 Å². The van der Waals surface area contributed by atoms with E-state index in [0.29, 0.717) is 11.3 Å². The number of rotatable bonds is 7. The monoisotopic (exact) mass is 456 g/mol. The highest BCUT2D eigenvalue weighted by molar-refractivity contribution is 6.08. The van der Waals surface area contributed by atoms with Crippen molar-refractivity contribution in [1.82, 2.24) is 4.90 Å². The third-order valence-electron chi connectivity index (χ3n) is 7.05. The minimum Gasteiger partial charge on any atom is -0.465 e. The van der Waals surface area contributed by atoms with Crippen molar-refractivity contribution in [2.45, 2.75) is 39.2 Å². The molecule has 1 N–H and O–H groups in total. The van der Waals surface area contributed by atoms with E-state index in [4.69, 9.17) is 4.74 Å². The number of esters is 2. The molecule has 0 spiro atoms. The Labute approximate surface area is 191 Å². The summed E-state index contributed by atoms with van der Waals surface area (Å²) in [5, 5.41) is 2.57. The molecule has 3 fully saturated rings. The van der Waals surface area contributed by atoms with Gasteiger partial charge in [0.25, 0.3) is 5.91 Å². The molecular weight excluding hydrogens is 428 g/mol. The van der Waals surface area contributed by atoms with Gasteiger partial charge >= 0.3 is 11.9 Å². The number of hydrogen-bond donors (Lipinski definition) is 1. The van der Waals surface area contributed by atoms with Crippen molar-refractivity contribution in [1.29, 1.82) is 0 Å². The fourth-order valence-corrected chi connectivity index (χ4v) is 5.61. The van der Waals surface area contributed by atoms with Crippen molar-refractivity contribution >= 4 is 35.3 Å². The van der Waals surface area contributed by atoms with Gasteiger partial charge in [0, 0.05) is 5.69 Å². The SMILES string of the molecule is COC(=O)c1ccc(NC(=O)COC(=O)[C@@H](C(C)C)N2C(=O)[C@@H]3[C@H]4CC[C@@H](C4)[C@@H]3C2=O)cc1. The van der Waals surface area contributed by atoms with Gasteiger partial charge in [-0.15, -0.1) is 0 Å². The summed E-state index contributed by atoms with van der Waals surface area (Å²) in [6.07, 6.45) is 2.82. The molecule has 176 valence electrons. The maximum atomic E-state index is 13.1. The van der Waals surface area contributed by atoms with Gasteiger partial charge in [-0.2, -0.15) is 0 Å². The third-order valence-corrected chi connectivity index (χ3v) is 7.05. The summed E-state index contributed by atoms with van der Waals surface area (Å²) < 4.78 is 9.83. The van der Waals surface area contributed by atoms with Crippen LogP contribution in [0.15, 0.2) is 24.3 Å². The van der Waals surface area contributed by atoms with Crippen LogP contribution in [0.5, 0.6) is 0 Å². The normalized spacial score (nSPS) is 26.4. The summed E-state index contributed by atoms with van der Waals surface area (Å²) in [4.78, 5) is 63.9. The number of carbonyl (C=O) groups excluding carboxylic acids is 5. The van der Waals surface area contributed by atoms with E-state index in [2.05, 4.69) is 10.1 Å². The molecule has 0 unspecified atom stereocenters. The van der Waals surface area contributed by atoms with Crippen LogP contribution >= 0.6 is 0 Å². The Morgan fingerprint density at radius 3 is 2.12 bits per heavy atom. The number of anilines is 1. The Hall–Kier alpha value is -3.23. The minimum absolute atomic E-state index is 0.224. The van der Waals surface area contributed by atoms with E-state index in [-0.39, 0.29) is 41.4 Å². The second-order valence-electron chi connectivity index (χ2n) is 9.34. The standard InChI is InChI=1S/C24H28N2O7/c1-12(2)20(26-21(28)18-14-4-5-15(10-14)19(18)22(26)29)24(31)33-11-17(27)25-16-8-6-13(7-9-16)23(30)32-3/h6-9,12,14-15,18-20H,4-5,10-11H2,1-3H3,(H,25,27)/t14-,15-,18-,19+,20+/m0/s1. The van der Waals surface area contributed by atoms with Crippen LogP contribution < -0.4 is 5.32 Å². The zero-order valence-corrected chi connectivity index (χ0v) is 18.9. The summed E-state index contributed by atoms with van der Waals surface area (Å²) in [5.41, 5.74) is 0.747. The van der Waals surface area contributed by atoms with E-state index >= 15 is 0 Å². The van der Waals surface area contributed by atoms with Crippen LogP contribution in [0.1, 0.15) is 43.5 Å². The Kier molecular flexibility index (Phi) is 6.23. The number of imide groups is 1. The summed E-state index contributed by atoms with van der Waals surface area (Å²) in [6, 6.07) is 4.99. The van der Waals surface area contributed by atoms with Gasteiger partial charge in [-0.3, -0.25) is 19.3 Å². The predicted molar refractivity (Wildman–Crippen MR) is 116 cm³/mol. The molecule has 9 nitrogen and oxygen atoms in total. The smallest absolute Gasteiger partial charge is 0.337 e. The molecule has 3 aliphatic rings. The van der Waals surface area contributed by atoms with Gasteiger partial charge in [0.1, 0.15) is 6.04 Å². The molecular formula is C24H28N2O7. The van der Waals surface area contributed by atoms with Gasteiger partial charge in [0.2, 0.25) is 11.8 Å². The third kappa shape index (κ3) is 4.12. The van der Waals surface area contributed by atoms with Gasteiger partial charge in [-0.1, -0.05) is 13.8 Å². The van der Waals surface area contributed by atoms with E-state index in [1.54, 1.807) is 13.8 Å². The number of methoxy groups -OCH3 is 1. The van der Waals surface area contributed by atoms with Crippen LogP contribution in [-0.2, 0) is 28.7 Å². The highest BCUT2D eigenvalue weighted by Crippen LogP contribution is 2.56. The first kappa shape index (κ1) is 22.9. The van der Waals surface area contributed by atoms with Gasteiger partial charge < -0.3 is 14.8 Å². The number of ether oxygens (including phenoxy) is 2. The first-order valence-corrected chi connectivity index (χ1v) is 11.2. The number of nitrogens with zero attached hydrogens (tertiary/aromatic N) is 1. The number of hydrogen-bond acceptors (Lipinski definition) is 7.